The van der Waals surface area contributed by atoms with Crippen LogP contribution in [0, 0.1) is 0 Å². The normalized spacial score (nSPS) is 22.6. The number of nitrogens with two attached hydrogens (primary N) is 1. The molecule has 120 valence electrons. The van der Waals surface area contributed by atoms with E-state index in [4.69, 9.17) is 5.73 Å². The lowest BCUT2D eigenvalue weighted by atomic mass is 10.0. The largest absolute Gasteiger partial charge is 0.326 e. The summed E-state index contributed by atoms with van der Waals surface area (Å²) < 4.78 is 26.8. The second-order valence-corrected chi connectivity index (χ2v) is 7.91. The van der Waals surface area contributed by atoms with Gasteiger partial charge in [0.2, 0.25) is 15.9 Å². The first-order chi connectivity index (χ1) is 10.4. The summed E-state index contributed by atoms with van der Waals surface area (Å²) in [5.41, 5.74) is 7.57. The van der Waals surface area contributed by atoms with Gasteiger partial charge in [-0.2, -0.15) is 4.31 Å². The third-order valence-corrected chi connectivity index (χ3v) is 6.24. The third kappa shape index (κ3) is 2.64. The molecule has 0 bridgehead atoms. The van der Waals surface area contributed by atoms with Crippen molar-refractivity contribution in [2.24, 2.45) is 5.73 Å². The quantitative estimate of drug-likeness (QED) is 0.869. The average molecular weight is 323 g/mol. The summed E-state index contributed by atoms with van der Waals surface area (Å²) in [5, 5.41) is 0. The van der Waals surface area contributed by atoms with Crippen LogP contribution in [0.2, 0.25) is 0 Å². The van der Waals surface area contributed by atoms with E-state index >= 15 is 0 Å². The minimum atomic E-state index is -3.54. The summed E-state index contributed by atoms with van der Waals surface area (Å²) in [6.07, 6.45) is 2.46. The molecular formula is C15H21N3O3S. The highest BCUT2D eigenvalue weighted by molar-refractivity contribution is 7.89. The minimum Gasteiger partial charge on any atom is -0.326 e. The number of amides is 1. The molecule has 1 aromatic rings. The predicted molar refractivity (Wildman–Crippen MR) is 84.1 cm³/mol. The van der Waals surface area contributed by atoms with Crippen LogP contribution in [0.25, 0.3) is 0 Å². The molecular weight excluding hydrogens is 302 g/mol. The van der Waals surface area contributed by atoms with Gasteiger partial charge in [-0.15, -0.1) is 0 Å². The summed E-state index contributed by atoms with van der Waals surface area (Å²) in [4.78, 5) is 13.7. The molecule has 0 unspecified atom stereocenters. The Morgan fingerprint density at radius 3 is 2.73 bits per heavy atom. The van der Waals surface area contributed by atoms with Gasteiger partial charge in [0.15, 0.2) is 0 Å². The molecule has 22 heavy (non-hydrogen) atoms. The molecule has 3 rings (SSSR count). The van der Waals surface area contributed by atoms with Crippen molar-refractivity contribution in [2.45, 2.75) is 37.1 Å². The first-order valence-electron chi connectivity index (χ1n) is 7.56. The Labute approximate surface area is 130 Å². The first-order valence-corrected chi connectivity index (χ1v) is 9.00. The van der Waals surface area contributed by atoms with Crippen LogP contribution < -0.4 is 10.6 Å². The van der Waals surface area contributed by atoms with Gasteiger partial charge in [-0.25, -0.2) is 8.42 Å². The third-order valence-electron chi connectivity index (χ3n) is 4.38. The Morgan fingerprint density at radius 2 is 2.09 bits per heavy atom. The summed E-state index contributed by atoms with van der Waals surface area (Å²) >= 11 is 0. The van der Waals surface area contributed by atoms with Crippen molar-refractivity contribution in [1.82, 2.24) is 4.31 Å². The van der Waals surface area contributed by atoms with E-state index in [9.17, 15) is 13.2 Å². The van der Waals surface area contributed by atoms with E-state index in [-0.39, 0.29) is 16.8 Å². The highest BCUT2D eigenvalue weighted by atomic mass is 32.2. The molecule has 0 saturated carbocycles. The predicted octanol–water partition coefficient (Wildman–Crippen LogP) is 0.707. The molecule has 2 heterocycles. The van der Waals surface area contributed by atoms with E-state index in [2.05, 4.69) is 0 Å². The van der Waals surface area contributed by atoms with Crippen molar-refractivity contribution in [3.63, 3.8) is 0 Å². The maximum atomic E-state index is 12.7. The maximum Gasteiger partial charge on any atom is 0.243 e. The smallest absolute Gasteiger partial charge is 0.243 e. The Balaban J connectivity index is 1.99. The van der Waals surface area contributed by atoms with Crippen molar-refractivity contribution in [2.75, 3.05) is 24.5 Å². The number of hydrogen-bond acceptors (Lipinski definition) is 4. The first kappa shape index (κ1) is 15.5. The Kier molecular flexibility index (Phi) is 3.96. The molecule has 0 aliphatic carbocycles. The van der Waals surface area contributed by atoms with Crippen LogP contribution in [0.1, 0.15) is 25.3 Å². The number of aryl methyl sites for hydroxylation is 1. The average Bonchev–Trinajstić information content (AvgIpc) is 2.93. The lowest BCUT2D eigenvalue weighted by molar-refractivity contribution is -0.116. The van der Waals surface area contributed by atoms with Gasteiger partial charge in [-0.3, -0.25) is 4.79 Å². The van der Waals surface area contributed by atoms with E-state index in [1.165, 1.54) is 11.2 Å². The zero-order valence-electron chi connectivity index (χ0n) is 12.7. The fourth-order valence-electron chi connectivity index (χ4n) is 3.16. The topological polar surface area (TPSA) is 83.7 Å². The monoisotopic (exact) mass is 323 g/mol. The van der Waals surface area contributed by atoms with Gasteiger partial charge in [0.05, 0.1) is 4.90 Å². The fraction of sp³-hybridized carbons (Fsp3) is 0.533. The van der Waals surface area contributed by atoms with Gasteiger partial charge in [-0.1, -0.05) is 6.07 Å². The number of anilines is 1. The van der Waals surface area contributed by atoms with E-state index in [0.717, 1.165) is 24.1 Å². The second-order valence-electron chi connectivity index (χ2n) is 5.98. The van der Waals surface area contributed by atoms with E-state index in [1.54, 1.807) is 17.0 Å². The Morgan fingerprint density at radius 1 is 1.32 bits per heavy atom. The highest BCUT2D eigenvalue weighted by Gasteiger charge is 2.32. The molecule has 2 N–H and O–H groups in total. The number of carbonyl (C=O) groups excluding carboxylic acids is 1. The number of sulfonamides is 1. The molecule has 2 aliphatic heterocycles. The summed E-state index contributed by atoms with van der Waals surface area (Å²) in [5.74, 6) is -0.0568. The van der Waals surface area contributed by atoms with Crippen LogP contribution in [0.5, 0.6) is 0 Å². The lowest BCUT2D eigenvalue weighted by Crippen LogP contribution is -2.35. The van der Waals surface area contributed by atoms with Gasteiger partial charge in [0.1, 0.15) is 0 Å². The zero-order valence-corrected chi connectivity index (χ0v) is 13.5. The maximum absolute atomic E-state index is 12.7. The number of carbonyl (C=O) groups is 1. The van der Waals surface area contributed by atoms with Crippen molar-refractivity contribution in [3.05, 3.63) is 23.8 Å². The van der Waals surface area contributed by atoms with Gasteiger partial charge in [0.25, 0.3) is 0 Å². The number of nitrogens with zero attached hydrogens (tertiary/aromatic N) is 2. The van der Waals surface area contributed by atoms with Crippen molar-refractivity contribution < 1.29 is 13.2 Å². The minimum absolute atomic E-state index is 0.0568. The molecule has 6 nitrogen and oxygen atoms in total. The van der Waals surface area contributed by atoms with Crippen LogP contribution in [0.3, 0.4) is 0 Å². The van der Waals surface area contributed by atoms with E-state index in [1.807, 2.05) is 6.07 Å². The lowest BCUT2D eigenvalue weighted by Gasteiger charge is -2.29. The van der Waals surface area contributed by atoms with Gasteiger partial charge in [0, 0.05) is 38.3 Å². The van der Waals surface area contributed by atoms with Gasteiger partial charge < -0.3 is 10.6 Å². The Bertz CT molecular complexity index is 702. The number of hydrogen-bond donors (Lipinski definition) is 1. The van der Waals surface area contributed by atoms with Crippen LogP contribution in [0.4, 0.5) is 5.69 Å². The van der Waals surface area contributed by atoms with Crippen molar-refractivity contribution >= 4 is 21.6 Å². The molecule has 1 aromatic carbocycles. The van der Waals surface area contributed by atoms with Crippen LogP contribution in [-0.4, -0.2) is 44.3 Å². The standard InChI is InChI=1S/C15H21N3O3S/c1-11(19)18-7-2-3-12-4-5-14(9-15(12)18)22(20,21)17-8-6-13(16)10-17/h4-5,9,13H,2-3,6-8,10,16H2,1H3/t13-/m1/s1. The molecule has 7 heteroatoms. The summed E-state index contributed by atoms with van der Waals surface area (Å²) in [6.45, 7) is 2.96. The number of rotatable bonds is 2. The zero-order chi connectivity index (χ0) is 15.9. The molecule has 2 aliphatic rings. The fourth-order valence-corrected chi connectivity index (χ4v) is 4.70. The number of benzene rings is 1. The molecule has 1 saturated heterocycles. The van der Waals surface area contributed by atoms with Crippen molar-refractivity contribution in [3.8, 4) is 0 Å². The summed E-state index contributed by atoms with van der Waals surface area (Å²) in [6, 6.07) is 5.01. The molecule has 0 aromatic heterocycles. The van der Waals surface area contributed by atoms with Gasteiger partial charge >= 0.3 is 0 Å². The van der Waals surface area contributed by atoms with Gasteiger partial charge in [-0.05, 0) is 37.0 Å². The molecule has 0 spiro atoms. The highest BCUT2D eigenvalue weighted by Crippen LogP contribution is 2.31. The summed E-state index contributed by atoms with van der Waals surface area (Å²) in [7, 11) is -3.54. The SMILES string of the molecule is CC(=O)N1CCCc2ccc(S(=O)(=O)N3CC[C@@H](N)C3)cc21. The number of fused-ring (bicyclic) bond motifs is 1. The van der Waals surface area contributed by atoms with Crippen LogP contribution in [-0.2, 0) is 21.2 Å². The molecule has 1 amide bonds. The van der Waals surface area contributed by atoms with Crippen molar-refractivity contribution in [1.29, 1.82) is 0 Å². The van der Waals surface area contributed by atoms with E-state index in [0.29, 0.717) is 26.1 Å². The molecule has 1 fully saturated rings. The van der Waals surface area contributed by atoms with Crippen LogP contribution >= 0.6 is 0 Å². The second kappa shape index (κ2) is 5.64. The molecule has 1 atom stereocenters. The van der Waals surface area contributed by atoms with Crippen LogP contribution in [0.15, 0.2) is 23.1 Å². The Hall–Kier alpha value is -1.44. The van der Waals surface area contributed by atoms with E-state index < -0.39 is 10.0 Å². The molecule has 0 radical (unpaired) electrons.